The average Bonchev–Trinajstić information content (AvgIpc) is 3.13. The maximum Gasteiger partial charge on any atom is 0.331 e. The van der Waals surface area contributed by atoms with Crippen molar-refractivity contribution >= 4 is 29.2 Å². The lowest BCUT2D eigenvalue weighted by Gasteiger charge is -2.39. The van der Waals surface area contributed by atoms with Gasteiger partial charge in [-0.05, 0) is 76.5 Å². The first kappa shape index (κ1) is 25.1. The van der Waals surface area contributed by atoms with Crippen LogP contribution in [0.4, 0.5) is 9.18 Å². The van der Waals surface area contributed by atoms with Gasteiger partial charge in [0.25, 0.3) is 0 Å². The van der Waals surface area contributed by atoms with Gasteiger partial charge in [-0.15, -0.1) is 4.72 Å². The first-order valence-electron chi connectivity index (χ1n) is 11.8. The van der Waals surface area contributed by atoms with Crippen molar-refractivity contribution in [3.05, 3.63) is 35.1 Å². The largest absolute Gasteiger partial charge is 0.598 e. The van der Waals surface area contributed by atoms with Crippen LogP contribution in [-0.2, 0) is 37.6 Å². The van der Waals surface area contributed by atoms with Crippen molar-refractivity contribution < 1.29 is 28.1 Å². The summed E-state index contributed by atoms with van der Waals surface area (Å²) < 4.78 is 35.7. The van der Waals surface area contributed by atoms with Gasteiger partial charge in [0.15, 0.2) is 0 Å². The number of carbonyl (C=O) groups is 3. The summed E-state index contributed by atoms with van der Waals surface area (Å²) in [6, 6.07) is 3.86. The predicted molar refractivity (Wildman–Crippen MR) is 124 cm³/mol. The molecular weight excluding hydrogens is 461 g/mol. The highest BCUT2D eigenvalue weighted by molar-refractivity contribution is 7.90. The van der Waals surface area contributed by atoms with Crippen LogP contribution in [0.1, 0.15) is 64.0 Å². The number of urea groups is 1. The zero-order chi connectivity index (χ0) is 24.7. The number of imide groups is 2. The highest BCUT2D eigenvalue weighted by Gasteiger charge is 2.49. The third kappa shape index (κ3) is 4.73. The van der Waals surface area contributed by atoms with Gasteiger partial charge in [-0.3, -0.25) is 19.8 Å². The Balaban J connectivity index is 1.59. The number of nitrogens with one attached hydrogen (secondary N) is 2. The SMILES string of the molecule is CC(C)(C)[S@+]([O-])N[C@@]1(CCC2C(=O)NC(=O)N(C3CCOCC3)C2=O)CCc2c(F)cccc21. The molecular formula is C24H32FN3O5S. The molecule has 0 radical (unpaired) electrons. The van der Waals surface area contributed by atoms with Crippen LogP contribution in [0.5, 0.6) is 0 Å². The predicted octanol–water partition coefficient (Wildman–Crippen LogP) is 2.67. The number of benzene rings is 1. The number of carbonyl (C=O) groups excluding carboxylic acids is 3. The van der Waals surface area contributed by atoms with Crippen LogP contribution in [0.3, 0.4) is 0 Å². The van der Waals surface area contributed by atoms with E-state index in [0.717, 1.165) is 0 Å². The molecule has 4 amide bonds. The van der Waals surface area contributed by atoms with Crippen molar-refractivity contribution in [3.63, 3.8) is 0 Å². The van der Waals surface area contributed by atoms with E-state index in [4.69, 9.17) is 4.74 Å². The molecule has 0 saturated carbocycles. The van der Waals surface area contributed by atoms with E-state index in [1.807, 2.05) is 26.8 Å². The average molecular weight is 494 g/mol. The second-order valence-electron chi connectivity index (χ2n) is 10.3. The summed E-state index contributed by atoms with van der Waals surface area (Å²) in [4.78, 5) is 39.6. The van der Waals surface area contributed by atoms with E-state index >= 15 is 0 Å². The normalized spacial score (nSPS) is 27.0. The lowest BCUT2D eigenvalue weighted by molar-refractivity contribution is -0.145. The van der Waals surface area contributed by atoms with E-state index in [2.05, 4.69) is 10.0 Å². The van der Waals surface area contributed by atoms with Gasteiger partial charge in [0.1, 0.15) is 16.5 Å². The Labute approximate surface area is 202 Å². The zero-order valence-corrected chi connectivity index (χ0v) is 20.6. The molecule has 3 atom stereocenters. The minimum atomic E-state index is -1.46. The molecule has 2 fully saturated rings. The molecule has 1 aromatic carbocycles. The minimum Gasteiger partial charge on any atom is -0.598 e. The van der Waals surface area contributed by atoms with Gasteiger partial charge in [-0.2, -0.15) is 0 Å². The summed E-state index contributed by atoms with van der Waals surface area (Å²) >= 11 is -1.46. The maximum atomic E-state index is 14.5. The van der Waals surface area contributed by atoms with Crippen molar-refractivity contribution in [2.24, 2.45) is 5.92 Å². The quantitative estimate of drug-likeness (QED) is 0.466. The van der Waals surface area contributed by atoms with Gasteiger partial charge in [-0.25, -0.2) is 9.18 Å². The van der Waals surface area contributed by atoms with Crippen molar-refractivity contribution in [2.45, 2.75) is 75.6 Å². The summed E-state index contributed by atoms with van der Waals surface area (Å²) in [6.07, 6.45) is 2.46. The third-order valence-corrected chi connectivity index (χ3v) is 8.69. The molecule has 10 heteroatoms. The molecule has 2 heterocycles. The van der Waals surface area contributed by atoms with Crippen molar-refractivity contribution in [2.75, 3.05) is 13.2 Å². The third-order valence-electron chi connectivity index (χ3n) is 7.00. The Morgan fingerprint density at radius 1 is 1.26 bits per heavy atom. The Kier molecular flexibility index (Phi) is 7.06. The molecule has 2 aliphatic heterocycles. The van der Waals surface area contributed by atoms with Gasteiger partial charge < -0.3 is 9.29 Å². The molecule has 34 heavy (non-hydrogen) atoms. The highest BCUT2D eigenvalue weighted by Crippen LogP contribution is 2.43. The Hall–Kier alpha value is -2.01. The summed E-state index contributed by atoms with van der Waals surface area (Å²) in [5.41, 5.74) is 0.437. The molecule has 1 aliphatic carbocycles. The Morgan fingerprint density at radius 2 is 1.97 bits per heavy atom. The molecule has 4 rings (SSSR count). The minimum absolute atomic E-state index is 0.141. The summed E-state index contributed by atoms with van der Waals surface area (Å²) in [5.74, 6) is -2.49. The monoisotopic (exact) mass is 493 g/mol. The van der Waals surface area contributed by atoms with E-state index in [1.54, 1.807) is 6.07 Å². The van der Waals surface area contributed by atoms with Gasteiger partial charge >= 0.3 is 6.03 Å². The number of halogens is 1. The van der Waals surface area contributed by atoms with E-state index in [1.165, 1.54) is 11.0 Å². The van der Waals surface area contributed by atoms with E-state index < -0.39 is 45.4 Å². The molecule has 2 saturated heterocycles. The van der Waals surface area contributed by atoms with Crippen LogP contribution >= 0.6 is 0 Å². The highest BCUT2D eigenvalue weighted by atomic mass is 32.2. The number of ether oxygens (including phenoxy) is 1. The van der Waals surface area contributed by atoms with Crippen LogP contribution in [0.2, 0.25) is 0 Å². The van der Waals surface area contributed by atoms with Crippen molar-refractivity contribution in [1.29, 1.82) is 0 Å². The zero-order valence-electron chi connectivity index (χ0n) is 19.8. The number of rotatable bonds is 6. The number of nitrogens with zero attached hydrogens (tertiary/aromatic N) is 1. The lowest BCUT2D eigenvalue weighted by Crippen LogP contribution is -2.62. The topological polar surface area (TPSA) is 111 Å². The molecule has 1 unspecified atom stereocenters. The summed E-state index contributed by atoms with van der Waals surface area (Å²) in [6.45, 7) is 6.45. The van der Waals surface area contributed by atoms with Crippen LogP contribution in [0.15, 0.2) is 18.2 Å². The number of hydrogen-bond donors (Lipinski definition) is 2. The summed E-state index contributed by atoms with van der Waals surface area (Å²) in [5, 5.41) is 2.33. The molecule has 0 bridgehead atoms. The fraction of sp³-hybridized carbons (Fsp3) is 0.625. The summed E-state index contributed by atoms with van der Waals surface area (Å²) in [7, 11) is 0. The van der Waals surface area contributed by atoms with E-state index in [0.29, 0.717) is 56.4 Å². The first-order valence-corrected chi connectivity index (χ1v) is 12.9. The van der Waals surface area contributed by atoms with Crippen LogP contribution in [-0.4, -0.2) is 51.3 Å². The Morgan fingerprint density at radius 3 is 2.65 bits per heavy atom. The number of amides is 4. The van der Waals surface area contributed by atoms with Gasteiger partial charge in [0.2, 0.25) is 11.8 Å². The van der Waals surface area contributed by atoms with Gasteiger partial charge in [-0.1, -0.05) is 12.1 Å². The molecule has 186 valence electrons. The molecule has 0 aromatic heterocycles. The molecule has 0 spiro atoms. The maximum absolute atomic E-state index is 14.5. The van der Waals surface area contributed by atoms with E-state index in [-0.39, 0.29) is 18.3 Å². The van der Waals surface area contributed by atoms with Gasteiger partial charge in [0, 0.05) is 30.6 Å². The number of barbiturate groups is 1. The second-order valence-corrected chi connectivity index (χ2v) is 12.2. The fourth-order valence-corrected chi connectivity index (χ4v) is 6.02. The molecule has 8 nitrogen and oxygen atoms in total. The molecule has 1 aromatic rings. The Bertz CT molecular complexity index is 978. The fourth-order valence-electron chi connectivity index (χ4n) is 5.05. The molecule has 2 N–H and O–H groups in total. The van der Waals surface area contributed by atoms with Crippen LogP contribution in [0, 0.1) is 11.7 Å². The smallest absolute Gasteiger partial charge is 0.331 e. The second kappa shape index (κ2) is 9.56. The van der Waals surface area contributed by atoms with Crippen molar-refractivity contribution in [3.8, 4) is 0 Å². The van der Waals surface area contributed by atoms with Crippen molar-refractivity contribution in [1.82, 2.24) is 14.9 Å². The number of fused-ring (bicyclic) bond motifs is 1. The van der Waals surface area contributed by atoms with Gasteiger partial charge in [0.05, 0.1) is 5.54 Å². The standard InChI is InChI=1S/C24H32FN3O5S/c1-23(2,3)34(32)27-24(11-7-16-18(24)5-4-6-19(16)25)12-8-17-20(29)26-22(31)28(21(17)30)15-9-13-33-14-10-15/h4-6,15,17,27H,7-14H2,1-3H3,(H,26,29,31)/t17?,24-,34+/m1/s1. The van der Waals surface area contributed by atoms with Crippen LogP contribution in [0.25, 0.3) is 0 Å². The van der Waals surface area contributed by atoms with E-state index in [9.17, 15) is 23.3 Å². The molecule has 3 aliphatic rings. The van der Waals surface area contributed by atoms with Crippen LogP contribution < -0.4 is 10.0 Å². The first-order chi connectivity index (χ1) is 16.0. The lowest BCUT2D eigenvalue weighted by atomic mass is 9.84. The number of hydrogen-bond acceptors (Lipinski definition) is 6.